The zero-order valence-electron chi connectivity index (χ0n) is 12.3. The number of hydrogen-bond acceptors (Lipinski definition) is 4. The number of imidazole rings is 1. The highest BCUT2D eigenvalue weighted by Gasteiger charge is 2.21. The summed E-state index contributed by atoms with van der Waals surface area (Å²) in [6.45, 7) is 9.56. The number of anilines is 1. The summed E-state index contributed by atoms with van der Waals surface area (Å²) in [5.74, 6) is 0.860. The van der Waals surface area contributed by atoms with Gasteiger partial charge in [-0.15, -0.1) is 0 Å². The van der Waals surface area contributed by atoms with E-state index < -0.39 is 0 Å². The molecule has 0 radical (unpaired) electrons. The number of aromatic nitrogens is 2. The zero-order valence-corrected chi connectivity index (χ0v) is 12.3. The van der Waals surface area contributed by atoms with Crippen LogP contribution in [0.1, 0.15) is 32.5 Å². The third-order valence-electron chi connectivity index (χ3n) is 2.69. The maximum Gasteiger partial charge on any atom is 0.203 e. The average molecular weight is 255 g/mol. The average Bonchev–Trinajstić information content (AvgIpc) is 2.58. The molecule has 0 amide bonds. The van der Waals surface area contributed by atoms with Crippen LogP contribution >= 0.6 is 0 Å². The molecular weight excluding hydrogens is 230 g/mol. The molecule has 5 heteroatoms. The highest BCUT2D eigenvalue weighted by atomic mass is 16.5. The monoisotopic (exact) mass is 255 g/mol. The summed E-state index contributed by atoms with van der Waals surface area (Å²) in [7, 11) is 3.41. The predicted octanol–water partition coefficient (Wildman–Crippen LogP) is 2.24. The SMILES string of the molecule is COCC(C)n1cc(C)nc1NC(C)(C)COC. The van der Waals surface area contributed by atoms with Crippen LogP contribution in [0.3, 0.4) is 0 Å². The minimum Gasteiger partial charge on any atom is -0.383 e. The van der Waals surface area contributed by atoms with Crippen LogP contribution in [0.2, 0.25) is 0 Å². The van der Waals surface area contributed by atoms with E-state index in [1.54, 1.807) is 14.2 Å². The van der Waals surface area contributed by atoms with Crippen LogP contribution < -0.4 is 5.32 Å². The van der Waals surface area contributed by atoms with Crippen molar-refractivity contribution >= 4 is 5.95 Å². The smallest absolute Gasteiger partial charge is 0.203 e. The number of ether oxygens (including phenoxy) is 2. The third-order valence-corrected chi connectivity index (χ3v) is 2.69. The van der Waals surface area contributed by atoms with Gasteiger partial charge >= 0.3 is 0 Å². The molecule has 1 atom stereocenters. The first-order valence-corrected chi connectivity index (χ1v) is 6.21. The second-order valence-corrected chi connectivity index (χ2v) is 5.36. The number of nitrogens with one attached hydrogen (secondary N) is 1. The molecule has 0 bridgehead atoms. The molecule has 5 nitrogen and oxygen atoms in total. The molecule has 1 aromatic heterocycles. The molecule has 0 aromatic carbocycles. The van der Waals surface area contributed by atoms with Crippen molar-refractivity contribution in [3.8, 4) is 0 Å². The number of hydrogen-bond donors (Lipinski definition) is 1. The lowest BCUT2D eigenvalue weighted by Crippen LogP contribution is -2.37. The first-order valence-electron chi connectivity index (χ1n) is 6.21. The van der Waals surface area contributed by atoms with Crippen LogP contribution in [-0.2, 0) is 9.47 Å². The van der Waals surface area contributed by atoms with Crippen LogP contribution in [-0.4, -0.2) is 42.5 Å². The Hall–Kier alpha value is -1.07. The van der Waals surface area contributed by atoms with Crippen molar-refractivity contribution in [1.82, 2.24) is 9.55 Å². The van der Waals surface area contributed by atoms with Crippen molar-refractivity contribution in [3.63, 3.8) is 0 Å². The van der Waals surface area contributed by atoms with Gasteiger partial charge in [-0.25, -0.2) is 4.98 Å². The highest BCUT2D eigenvalue weighted by Crippen LogP contribution is 2.20. The maximum absolute atomic E-state index is 5.21. The summed E-state index contributed by atoms with van der Waals surface area (Å²) in [5, 5.41) is 3.42. The van der Waals surface area contributed by atoms with E-state index in [1.807, 2.05) is 13.1 Å². The second kappa shape index (κ2) is 6.20. The molecule has 1 unspecified atom stereocenters. The van der Waals surface area contributed by atoms with Crippen LogP contribution in [0.5, 0.6) is 0 Å². The third kappa shape index (κ3) is 3.99. The Morgan fingerprint density at radius 2 is 2.06 bits per heavy atom. The Bertz CT molecular complexity index is 374. The lowest BCUT2D eigenvalue weighted by molar-refractivity contribution is 0.154. The van der Waals surface area contributed by atoms with Crippen molar-refractivity contribution in [1.29, 1.82) is 0 Å². The lowest BCUT2D eigenvalue weighted by atomic mass is 10.1. The molecule has 1 rings (SSSR count). The number of nitrogens with zero attached hydrogens (tertiary/aromatic N) is 2. The normalized spacial score (nSPS) is 13.7. The summed E-state index contributed by atoms with van der Waals surface area (Å²) in [6, 6.07) is 0.247. The van der Waals surface area contributed by atoms with Crippen molar-refractivity contribution in [2.24, 2.45) is 0 Å². The fourth-order valence-electron chi connectivity index (χ4n) is 1.97. The van der Waals surface area contributed by atoms with Crippen molar-refractivity contribution in [3.05, 3.63) is 11.9 Å². The van der Waals surface area contributed by atoms with Crippen LogP contribution in [0, 0.1) is 6.92 Å². The Labute approximate surface area is 109 Å². The van der Waals surface area contributed by atoms with Gasteiger partial charge in [-0.3, -0.25) is 0 Å². The highest BCUT2D eigenvalue weighted by molar-refractivity contribution is 5.33. The maximum atomic E-state index is 5.21. The topological polar surface area (TPSA) is 48.3 Å². The Morgan fingerprint density at radius 3 is 2.61 bits per heavy atom. The number of rotatable bonds is 7. The molecule has 1 aromatic rings. The van der Waals surface area contributed by atoms with Gasteiger partial charge in [0.25, 0.3) is 0 Å². The van der Waals surface area contributed by atoms with Gasteiger partial charge in [0.2, 0.25) is 5.95 Å². The van der Waals surface area contributed by atoms with E-state index >= 15 is 0 Å². The van der Waals surface area contributed by atoms with Crippen molar-refractivity contribution < 1.29 is 9.47 Å². The second-order valence-electron chi connectivity index (χ2n) is 5.36. The Kier molecular flexibility index (Phi) is 5.16. The minimum atomic E-state index is -0.156. The molecule has 0 aliphatic rings. The first kappa shape index (κ1) is 15.0. The van der Waals surface area contributed by atoms with Gasteiger partial charge in [0.1, 0.15) is 0 Å². The van der Waals surface area contributed by atoms with E-state index in [0.717, 1.165) is 11.6 Å². The summed E-state index contributed by atoms with van der Waals surface area (Å²) in [5.41, 5.74) is 0.838. The van der Waals surface area contributed by atoms with Crippen molar-refractivity contribution in [2.75, 3.05) is 32.8 Å². The molecule has 1 heterocycles. The molecule has 1 N–H and O–H groups in total. The molecule has 0 aliphatic heterocycles. The van der Waals surface area contributed by atoms with E-state index in [2.05, 4.69) is 35.6 Å². The molecule has 104 valence electrons. The van der Waals surface area contributed by atoms with Gasteiger partial charge < -0.3 is 19.4 Å². The van der Waals surface area contributed by atoms with Crippen LogP contribution in [0.25, 0.3) is 0 Å². The van der Waals surface area contributed by atoms with E-state index in [-0.39, 0.29) is 11.6 Å². The Balaban J connectivity index is 2.88. The van der Waals surface area contributed by atoms with Crippen LogP contribution in [0.15, 0.2) is 6.20 Å². The zero-order chi connectivity index (χ0) is 13.8. The van der Waals surface area contributed by atoms with Gasteiger partial charge in [0.15, 0.2) is 0 Å². The molecular formula is C13H25N3O2. The lowest BCUT2D eigenvalue weighted by Gasteiger charge is -2.27. The molecule has 18 heavy (non-hydrogen) atoms. The summed E-state index contributed by atoms with van der Waals surface area (Å²) >= 11 is 0. The molecule has 0 aliphatic carbocycles. The summed E-state index contributed by atoms with van der Waals surface area (Å²) < 4.78 is 12.5. The molecule has 0 saturated carbocycles. The number of methoxy groups -OCH3 is 2. The molecule has 0 saturated heterocycles. The van der Waals surface area contributed by atoms with Crippen molar-refractivity contribution in [2.45, 2.75) is 39.3 Å². The standard InChI is InChI=1S/C13H25N3O2/c1-10-7-16(11(2)8-17-5)12(14-10)15-13(3,4)9-18-6/h7,11H,8-9H2,1-6H3,(H,14,15). The first-order chi connectivity index (χ1) is 8.39. The Morgan fingerprint density at radius 1 is 1.39 bits per heavy atom. The van der Waals surface area contributed by atoms with E-state index in [4.69, 9.17) is 9.47 Å². The minimum absolute atomic E-state index is 0.156. The van der Waals surface area contributed by atoms with Crippen LogP contribution in [0.4, 0.5) is 5.95 Å². The fraction of sp³-hybridized carbons (Fsp3) is 0.769. The molecule has 0 fully saturated rings. The molecule has 0 spiro atoms. The summed E-state index contributed by atoms with van der Waals surface area (Å²) in [6.07, 6.45) is 2.04. The van der Waals surface area contributed by atoms with E-state index in [1.165, 1.54) is 0 Å². The van der Waals surface area contributed by atoms with Gasteiger partial charge in [-0.1, -0.05) is 0 Å². The number of aryl methyl sites for hydroxylation is 1. The largest absolute Gasteiger partial charge is 0.383 e. The quantitative estimate of drug-likeness (QED) is 0.811. The van der Waals surface area contributed by atoms with Gasteiger partial charge in [-0.2, -0.15) is 0 Å². The summed E-state index contributed by atoms with van der Waals surface area (Å²) in [4.78, 5) is 4.52. The van der Waals surface area contributed by atoms with Gasteiger partial charge in [-0.05, 0) is 27.7 Å². The van der Waals surface area contributed by atoms with E-state index in [0.29, 0.717) is 13.2 Å². The fourth-order valence-corrected chi connectivity index (χ4v) is 1.97. The van der Waals surface area contributed by atoms with Gasteiger partial charge in [0, 0.05) is 20.4 Å². The van der Waals surface area contributed by atoms with Gasteiger partial charge in [0.05, 0.1) is 30.5 Å². The predicted molar refractivity (Wildman–Crippen MR) is 73.1 cm³/mol. The van der Waals surface area contributed by atoms with E-state index in [9.17, 15) is 0 Å².